The summed E-state index contributed by atoms with van der Waals surface area (Å²) in [5.74, 6) is -1.88. The van der Waals surface area contributed by atoms with Crippen molar-refractivity contribution in [3.8, 4) is 0 Å². The summed E-state index contributed by atoms with van der Waals surface area (Å²) >= 11 is 0. The predicted molar refractivity (Wildman–Crippen MR) is 126 cm³/mol. The highest BCUT2D eigenvalue weighted by atomic mass is 16.7. The number of hydrogen-bond donors (Lipinski definition) is 0. The fraction of sp³-hybridized carbons (Fsp3) is 0.250. The zero-order valence-corrected chi connectivity index (χ0v) is 19.2. The van der Waals surface area contributed by atoms with Crippen molar-refractivity contribution in [2.24, 2.45) is 0 Å². The third-order valence-corrected chi connectivity index (χ3v) is 6.05. The van der Waals surface area contributed by atoms with Gasteiger partial charge in [-0.3, -0.25) is 0 Å². The standard InChI is InChI=1S/C28H24O8/c29-26(18-10-4-1-5-11-18)34-23-21-16-32-17-22(33-21)24(35-27(30)19-12-6-2-7-13-19)25(23)36-28(31)20-14-8-3-9-15-20/h1-15,21-25H,16-17H2/t21-,22?,23-,24?,25?/m0/s1. The molecule has 2 bridgehead atoms. The van der Waals surface area contributed by atoms with Crippen LogP contribution in [0, 0.1) is 0 Å². The van der Waals surface area contributed by atoms with E-state index in [0.717, 1.165) is 0 Å². The lowest BCUT2D eigenvalue weighted by atomic mass is 9.93. The summed E-state index contributed by atoms with van der Waals surface area (Å²) < 4.78 is 29.2. The molecule has 0 spiro atoms. The lowest BCUT2D eigenvalue weighted by Crippen LogP contribution is -2.65. The minimum absolute atomic E-state index is 0.127. The molecule has 3 aromatic carbocycles. The summed E-state index contributed by atoms with van der Waals surface area (Å²) in [7, 11) is 0. The Kier molecular flexibility index (Phi) is 7.06. The van der Waals surface area contributed by atoms with E-state index in [-0.39, 0.29) is 13.2 Å². The molecule has 0 saturated carbocycles. The predicted octanol–water partition coefficient (Wildman–Crippen LogP) is 3.46. The Bertz CT molecular complexity index is 1130. The molecule has 3 unspecified atom stereocenters. The first-order valence-corrected chi connectivity index (χ1v) is 11.6. The van der Waals surface area contributed by atoms with Crippen molar-refractivity contribution in [1.29, 1.82) is 0 Å². The van der Waals surface area contributed by atoms with Gasteiger partial charge in [-0.1, -0.05) is 54.6 Å². The number of hydrogen-bond acceptors (Lipinski definition) is 8. The largest absolute Gasteiger partial charge is 0.452 e. The van der Waals surface area contributed by atoms with Gasteiger partial charge in [0.15, 0.2) is 18.3 Å². The van der Waals surface area contributed by atoms with Crippen molar-refractivity contribution < 1.29 is 38.1 Å². The summed E-state index contributed by atoms with van der Waals surface area (Å²) in [6.45, 7) is 0.254. The van der Waals surface area contributed by atoms with E-state index in [9.17, 15) is 14.4 Å². The van der Waals surface area contributed by atoms with Gasteiger partial charge in [0.2, 0.25) is 0 Å². The van der Waals surface area contributed by atoms with Crippen LogP contribution in [0.2, 0.25) is 0 Å². The molecule has 8 nitrogen and oxygen atoms in total. The number of rotatable bonds is 6. The van der Waals surface area contributed by atoms with Crippen molar-refractivity contribution in [1.82, 2.24) is 0 Å². The second-order valence-corrected chi connectivity index (χ2v) is 8.46. The molecule has 5 rings (SSSR count). The highest BCUT2D eigenvalue weighted by Crippen LogP contribution is 2.33. The molecule has 0 aromatic heterocycles. The number of benzene rings is 3. The third-order valence-electron chi connectivity index (χ3n) is 6.05. The Balaban J connectivity index is 1.46. The van der Waals surface area contributed by atoms with E-state index >= 15 is 0 Å². The van der Waals surface area contributed by atoms with Gasteiger partial charge in [0.25, 0.3) is 0 Å². The van der Waals surface area contributed by atoms with Crippen molar-refractivity contribution in [2.45, 2.75) is 30.5 Å². The first-order valence-electron chi connectivity index (χ1n) is 11.6. The summed E-state index contributed by atoms with van der Waals surface area (Å²) in [6, 6.07) is 25.3. The Morgan fingerprint density at radius 2 is 0.861 bits per heavy atom. The minimum atomic E-state index is -1.12. The molecule has 36 heavy (non-hydrogen) atoms. The fourth-order valence-corrected chi connectivity index (χ4v) is 4.28. The lowest BCUT2D eigenvalue weighted by molar-refractivity contribution is -0.269. The van der Waals surface area contributed by atoms with Crippen LogP contribution in [0.3, 0.4) is 0 Å². The first kappa shape index (κ1) is 23.7. The zero-order valence-electron chi connectivity index (χ0n) is 19.2. The number of carbonyl (C=O) groups is 3. The lowest BCUT2D eigenvalue weighted by Gasteiger charge is -2.47. The monoisotopic (exact) mass is 488 g/mol. The SMILES string of the molecule is O=C(OC1C2COC[C@H](O2)[C@H](OC(=O)c2ccccc2)C1OC(=O)c1ccccc1)c1ccccc1. The molecule has 0 amide bonds. The summed E-state index contributed by atoms with van der Waals surface area (Å²) in [4.78, 5) is 39.0. The fourth-order valence-electron chi connectivity index (χ4n) is 4.28. The van der Waals surface area contributed by atoms with Crippen molar-refractivity contribution in [3.63, 3.8) is 0 Å². The Morgan fingerprint density at radius 3 is 1.22 bits per heavy atom. The molecule has 0 radical (unpaired) electrons. The van der Waals surface area contributed by atoms with Gasteiger partial charge in [-0.2, -0.15) is 0 Å². The number of carbonyl (C=O) groups excluding carboxylic acids is 3. The average molecular weight is 488 g/mol. The minimum Gasteiger partial charge on any atom is -0.452 e. The van der Waals surface area contributed by atoms with E-state index in [1.54, 1.807) is 91.0 Å². The summed E-state index contributed by atoms with van der Waals surface area (Å²) in [5, 5.41) is 0. The van der Waals surface area contributed by atoms with Gasteiger partial charge in [0.05, 0.1) is 29.9 Å². The molecule has 2 aliphatic rings. The van der Waals surface area contributed by atoms with Gasteiger partial charge in [-0.15, -0.1) is 0 Å². The van der Waals surface area contributed by atoms with Crippen LogP contribution in [-0.4, -0.2) is 61.6 Å². The second kappa shape index (κ2) is 10.7. The van der Waals surface area contributed by atoms with Crippen molar-refractivity contribution in [2.75, 3.05) is 13.2 Å². The molecule has 2 heterocycles. The normalized spacial score (nSPS) is 24.8. The van der Waals surface area contributed by atoms with Crippen LogP contribution in [0.25, 0.3) is 0 Å². The van der Waals surface area contributed by atoms with Crippen LogP contribution in [0.15, 0.2) is 91.0 Å². The molecular weight excluding hydrogens is 464 g/mol. The van der Waals surface area contributed by atoms with Gasteiger partial charge in [-0.25, -0.2) is 14.4 Å². The molecule has 184 valence electrons. The van der Waals surface area contributed by atoms with Crippen molar-refractivity contribution in [3.05, 3.63) is 108 Å². The second-order valence-electron chi connectivity index (χ2n) is 8.46. The molecule has 2 fully saturated rings. The Morgan fingerprint density at radius 1 is 0.528 bits per heavy atom. The van der Waals surface area contributed by atoms with Crippen LogP contribution >= 0.6 is 0 Å². The molecule has 8 heteroatoms. The summed E-state index contributed by atoms with van der Waals surface area (Å²) in [6.07, 6.45) is -4.69. The number of ether oxygens (including phenoxy) is 5. The van der Waals surface area contributed by atoms with Crippen LogP contribution in [0.1, 0.15) is 31.1 Å². The topological polar surface area (TPSA) is 97.4 Å². The van der Waals surface area contributed by atoms with E-state index < -0.39 is 48.4 Å². The van der Waals surface area contributed by atoms with Crippen LogP contribution in [0.4, 0.5) is 0 Å². The van der Waals surface area contributed by atoms with Gasteiger partial charge in [0.1, 0.15) is 12.2 Å². The molecule has 2 saturated heterocycles. The Hall–Kier alpha value is -4.01. The van der Waals surface area contributed by atoms with E-state index in [1.165, 1.54) is 0 Å². The van der Waals surface area contributed by atoms with Gasteiger partial charge in [0, 0.05) is 0 Å². The van der Waals surface area contributed by atoms with Crippen LogP contribution in [-0.2, 0) is 23.7 Å². The smallest absolute Gasteiger partial charge is 0.338 e. The highest BCUT2D eigenvalue weighted by molar-refractivity contribution is 5.91. The maximum absolute atomic E-state index is 13.1. The summed E-state index contributed by atoms with van der Waals surface area (Å²) in [5.41, 5.74) is 0.955. The van der Waals surface area contributed by atoms with E-state index in [4.69, 9.17) is 23.7 Å². The van der Waals surface area contributed by atoms with E-state index in [0.29, 0.717) is 16.7 Å². The molecule has 5 atom stereocenters. The van der Waals surface area contributed by atoms with Gasteiger partial charge < -0.3 is 23.7 Å². The van der Waals surface area contributed by atoms with Crippen LogP contribution < -0.4 is 0 Å². The molecule has 0 aliphatic carbocycles. The number of fused-ring (bicyclic) bond motifs is 2. The van der Waals surface area contributed by atoms with Crippen molar-refractivity contribution >= 4 is 17.9 Å². The molecular formula is C28H24O8. The van der Waals surface area contributed by atoms with E-state index in [1.807, 2.05) is 0 Å². The van der Waals surface area contributed by atoms with E-state index in [2.05, 4.69) is 0 Å². The zero-order chi connectivity index (χ0) is 24.9. The third kappa shape index (κ3) is 5.15. The maximum Gasteiger partial charge on any atom is 0.338 e. The molecule has 2 aliphatic heterocycles. The highest BCUT2D eigenvalue weighted by Gasteiger charge is 2.54. The quantitative estimate of drug-likeness (QED) is 0.385. The number of esters is 3. The average Bonchev–Trinajstić information content (AvgIpc) is 2.94. The first-order chi connectivity index (χ1) is 17.6. The maximum atomic E-state index is 13.1. The van der Waals surface area contributed by atoms with Gasteiger partial charge >= 0.3 is 17.9 Å². The van der Waals surface area contributed by atoms with Gasteiger partial charge in [-0.05, 0) is 36.4 Å². The van der Waals surface area contributed by atoms with Crippen LogP contribution in [0.5, 0.6) is 0 Å². The molecule has 3 aromatic rings. The Labute approximate surface area is 207 Å². The molecule has 0 N–H and O–H groups in total.